The van der Waals surface area contributed by atoms with Gasteiger partial charge in [0.05, 0.1) is 13.2 Å². The average molecular weight is 327 g/mol. The molecule has 4 heteroatoms. The lowest BCUT2D eigenvalue weighted by molar-refractivity contribution is -0.102. The summed E-state index contributed by atoms with van der Waals surface area (Å²) in [6.45, 7) is 5.94. The normalized spacial score (nSPS) is 39.1. The van der Waals surface area contributed by atoms with E-state index >= 15 is 0 Å². The highest BCUT2D eigenvalue weighted by Gasteiger charge is 2.65. The Labute approximate surface area is 143 Å². The lowest BCUT2D eigenvalue weighted by Gasteiger charge is -2.59. The zero-order chi connectivity index (χ0) is 16.5. The Hall–Kier alpha value is -1.52. The van der Waals surface area contributed by atoms with Crippen molar-refractivity contribution in [3.8, 4) is 11.5 Å². The smallest absolute Gasteiger partial charge is 0.165 e. The fourth-order valence-electron chi connectivity index (χ4n) is 6.14. The minimum atomic E-state index is -0.379. The molecule has 1 saturated carbocycles. The highest BCUT2D eigenvalue weighted by Crippen LogP contribution is 2.63. The molecule has 1 N–H and O–H groups in total. The number of ether oxygens (including phenoxy) is 2. The maximum atomic E-state index is 10.7. The molecule has 24 heavy (non-hydrogen) atoms. The van der Waals surface area contributed by atoms with Crippen molar-refractivity contribution in [2.45, 2.75) is 49.3 Å². The van der Waals surface area contributed by atoms with Gasteiger partial charge in [-0.15, -0.1) is 6.58 Å². The molecule has 4 nitrogen and oxygen atoms in total. The second-order valence-corrected chi connectivity index (χ2v) is 7.77. The van der Waals surface area contributed by atoms with Gasteiger partial charge < -0.3 is 14.6 Å². The van der Waals surface area contributed by atoms with Crippen molar-refractivity contribution in [2.75, 3.05) is 20.2 Å². The first-order valence-corrected chi connectivity index (χ1v) is 9.10. The summed E-state index contributed by atoms with van der Waals surface area (Å²) in [7, 11) is 1.70. The summed E-state index contributed by atoms with van der Waals surface area (Å²) < 4.78 is 12.0. The quantitative estimate of drug-likeness (QED) is 0.865. The van der Waals surface area contributed by atoms with Gasteiger partial charge in [0.25, 0.3) is 0 Å². The molecule has 4 aliphatic rings. The average Bonchev–Trinajstić information content (AvgIpc) is 2.94. The Morgan fingerprint density at radius 1 is 1.46 bits per heavy atom. The van der Waals surface area contributed by atoms with Gasteiger partial charge in [-0.25, -0.2) is 0 Å². The summed E-state index contributed by atoms with van der Waals surface area (Å²) in [5, 5.41) is 10.7. The Balaban J connectivity index is 1.72. The molecule has 2 fully saturated rings. The molecule has 0 unspecified atom stereocenters. The van der Waals surface area contributed by atoms with Crippen LogP contribution in [0, 0.1) is 5.92 Å². The Morgan fingerprint density at radius 3 is 3.12 bits per heavy atom. The number of aliphatic hydroxyl groups excluding tert-OH is 1. The summed E-state index contributed by atoms with van der Waals surface area (Å²) in [5.74, 6) is 2.28. The molecule has 0 aromatic heterocycles. The zero-order valence-electron chi connectivity index (χ0n) is 14.2. The first-order chi connectivity index (χ1) is 11.7. The number of rotatable bonds is 3. The molecule has 2 aliphatic heterocycles. The third kappa shape index (κ3) is 1.61. The lowest BCUT2D eigenvalue weighted by atomic mass is 9.51. The van der Waals surface area contributed by atoms with Crippen molar-refractivity contribution in [3.63, 3.8) is 0 Å². The molecule has 0 radical (unpaired) electrons. The van der Waals surface area contributed by atoms with Crippen molar-refractivity contribution < 1.29 is 14.6 Å². The molecule has 1 spiro atoms. The number of likely N-dealkylation sites (tertiary alicyclic amines) is 1. The van der Waals surface area contributed by atoms with Crippen molar-refractivity contribution >= 4 is 0 Å². The number of hydrogen-bond acceptors (Lipinski definition) is 4. The van der Waals surface area contributed by atoms with Crippen molar-refractivity contribution in [3.05, 3.63) is 35.9 Å². The van der Waals surface area contributed by atoms with E-state index in [0.717, 1.165) is 50.3 Å². The highest BCUT2D eigenvalue weighted by molar-refractivity contribution is 5.61. The fraction of sp³-hybridized carbons (Fsp3) is 0.600. The molecule has 2 bridgehead atoms. The fourth-order valence-corrected chi connectivity index (χ4v) is 6.14. The van der Waals surface area contributed by atoms with Crippen LogP contribution in [0.15, 0.2) is 24.8 Å². The van der Waals surface area contributed by atoms with E-state index in [-0.39, 0.29) is 17.6 Å². The molecule has 2 heterocycles. The molecular weight excluding hydrogens is 302 g/mol. The molecule has 5 rings (SSSR count). The van der Waals surface area contributed by atoms with Gasteiger partial charge in [0.15, 0.2) is 11.5 Å². The standard InChI is InChI=1S/C20H25NO3/c1-3-9-21-10-8-20-13-5-6-15(22)19(20)24-18-16(23-2)7-4-12(17(18)20)11-14(13)21/h3-4,7,13-15,19,22H,1,5-6,8-11H2,2H3/t13-,14+,15+,19-,20-/m0/s1. The van der Waals surface area contributed by atoms with Crippen molar-refractivity contribution in [1.82, 2.24) is 4.90 Å². The van der Waals surface area contributed by atoms with E-state index in [2.05, 4.69) is 17.5 Å². The number of methoxy groups -OCH3 is 1. The number of aliphatic hydroxyl groups is 1. The summed E-state index contributed by atoms with van der Waals surface area (Å²) in [4.78, 5) is 2.59. The summed E-state index contributed by atoms with van der Waals surface area (Å²) in [5.41, 5.74) is 2.71. The van der Waals surface area contributed by atoms with Crippen LogP contribution in [-0.4, -0.2) is 48.5 Å². The summed E-state index contributed by atoms with van der Waals surface area (Å²) in [6.07, 6.45) is 5.56. The van der Waals surface area contributed by atoms with Crippen LogP contribution >= 0.6 is 0 Å². The Morgan fingerprint density at radius 2 is 2.33 bits per heavy atom. The minimum absolute atomic E-state index is 0.0303. The molecule has 5 atom stereocenters. The van der Waals surface area contributed by atoms with E-state index in [9.17, 15) is 5.11 Å². The van der Waals surface area contributed by atoms with Gasteiger partial charge in [-0.05, 0) is 49.8 Å². The van der Waals surface area contributed by atoms with E-state index < -0.39 is 0 Å². The first-order valence-electron chi connectivity index (χ1n) is 9.10. The largest absolute Gasteiger partial charge is 0.493 e. The topological polar surface area (TPSA) is 41.9 Å². The molecule has 1 aromatic rings. The lowest BCUT2D eigenvalue weighted by Crippen LogP contribution is -2.66. The Bertz CT molecular complexity index is 702. The summed E-state index contributed by atoms with van der Waals surface area (Å²) >= 11 is 0. The monoisotopic (exact) mass is 327 g/mol. The van der Waals surface area contributed by atoms with Crippen LogP contribution in [0.2, 0.25) is 0 Å². The van der Waals surface area contributed by atoms with E-state index in [1.165, 1.54) is 11.1 Å². The van der Waals surface area contributed by atoms with Gasteiger partial charge in [-0.2, -0.15) is 0 Å². The van der Waals surface area contributed by atoms with Gasteiger partial charge in [-0.1, -0.05) is 12.1 Å². The van der Waals surface area contributed by atoms with E-state index in [4.69, 9.17) is 9.47 Å². The maximum Gasteiger partial charge on any atom is 0.165 e. The van der Waals surface area contributed by atoms with Gasteiger partial charge in [0.2, 0.25) is 0 Å². The van der Waals surface area contributed by atoms with E-state index in [1.807, 2.05) is 12.1 Å². The molecule has 0 amide bonds. The predicted octanol–water partition coefficient (Wildman–Crippen LogP) is 2.28. The van der Waals surface area contributed by atoms with E-state index in [0.29, 0.717) is 12.0 Å². The van der Waals surface area contributed by atoms with Crippen LogP contribution in [0.1, 0.15) is 30.4 Å². The second kappa shape index (κ2) is 4.99. The van der Waals surface area contributed by atoms with Gasteiger partial charge in [0.1, 0.15) is 6.10 Å². The second-order valence-electron chi connectivity index (χ2n) is 7.77. The van der Waals surface area contributed by atoms with Gasteiger partial charge >= 0.3 is 0 Å². The highest BCUT2D eigenvalue weighted by atomic mass is 16.5. The molecular formula is C20H25NO3. The summed E-state index contributed by atoms with van der Waals surface area (Å²) in [6, 6.07) is 4.78. The molecule has 2 aliphatic carbocycles. The Kier molecular flexibility index (Phi) is 3.08. The molecule has 128 valence electrons. The maximum absolute atomic E-state index is 10.7. The van der Waals surface area contributed by atoms with Crippen LogP contribution < -0.4 is 9.47 Å². The third-order valence-corrected chi connectivity index (χ3v) is 6.97. The van der Waals surface area contributed by atoms with Gasteiger partial charge in [-0.3, -0.25) is 4.90 Å². The van der Waals surface area contributed by atoms with Gasteiger partial charge in [0, 0.05) is 23.6 Å². The van der Waals surface area contributed by atoms with Crippen LogP contribution in [0.25, 0.3) is 0 Å². The SMILES string of the molecule is C=CCN1CC[C@]23c4c5ccc(OC)c4O[C@H]2[C@H](O)CC[C@H]3[C@H]1C5. The predicted molar refractivity (Wildman–Crippen MR) is 91.7 cm³/mol. The number of benzene rings is 1. The number of nitrogens with zero attached hydrogens (tertiary/aromatic N) is 1. The zero-order valence-corrected chi connectivity index (χ0v) is 14.2. The van der Waals surface area contributed by atoms with Crippen LogP contribution in [-0.2, 0) is 11.8 Å². The third-order valence-electron chi connectivity index (χ3n) is 6.97. The van der Waals surface area contributed by atoms with Crippen LogP contribution in [0.5, 0.6) is 11.5 Å². The van der Waals surface area contributed by atoms with E-state index in [1.54, 1.807) is 7.11 Å². The first kappa shape index (κ1) is 14.8. The number of hydrogen-bond donors (Lipinski definition) is 1. The number of piperidine rings is 1. The van der Waals surface area contributed by atoms with Crippen LogP contribution in [0.4, 0.5) is 0 Å². The minimum Gasteiger partial charge on any atom is -0.493 e. The molecule has 1 aromatic carbocycles. The van der Waals surface area contributed by atoms with Crippen molar-refractivity contribution in [1.29, 1.82) is 0 Å². The van der Waals surface area contributed by atoms with Crippen molar-refractivity contribution in [2.24, 2.45) is 5.92 Å². The van der Waals surface area contributed by atoms with Crippen LogP contribution in [0.3, 0.4) is 0 Å². The molecule has 1 saturated heterocycles.